The first kappa shape index (κ1) is 18.7. The molecule has 2 atom stereocenters. The summed E-state index contributed by atoms with van der Waals surface area (Å²) < 4.78 is 0. The lowest BCUT2D eigenvalue weighted by molar-refractivity contribution is -0.124. The van der Waals surface area contributed by atoms with Gasteiger partial charge in [0.2, 0.25) is 5.91 Å². The maximum atomic E-state index is 12.2. The number of hydrogen-bond donors (Lipinski definition) is 2. The van der Waals surface area contributed by atoms with Gasteiger partial charge in [-0.3, -0.25) is 4.79 Å². The maximum absolute atomic E-state index is 12.2. The standard InChI is InChI=1S/C15H30N2O.ClH/c1-4-15(5-2,6-3)17-14(18)11-12-9-7-8-10-13(12)16;/h12-13H,4-11,16H2,1-3H3,(H,17,18);1H. The van der Waals surface area contributed by atoms with Crippen LogP contribution in [0, 0.1) is 5.92 Å². The van der Waals surface area contributed by atoms with Crippen LogP contribution in [0.1, 0.15) is 72.1 Å². The molecule has 1 aliphatic rings. The van der Waals surface area contributed by atoms with Crippen molar-refractivity contribution in [2.24, 2.45) is 11.7 Å². The quantitative estimate of drug-likeness (QED) is 0.788. The van der Waals surface area contributed by atoms with E-state index in [-0.39, 0.29) is 29.9 Å². The fraction of sp³-hybridized carbons (Fsp3) is 0.933. The number of nitrogens with one attached hydrogen (secondary N) is 1. The first-order chi connectivity index (χ1) is 8.56. The average molecular weight is 291 g/mol. The second-order valence-electron chi connectivity index (χ2n) is 5.80. The van der Waals surface area contributed by atoms with Crippen molar-refractivity contribution in [2.45, 2.75) is 83.7 Å². The summed E-state index contributed by atoms with van der Waals surface area (Å²) >= 11 is 0. The van der Waals surface area contributed by atoms with E-state index in [1.54, 1.807) is 0 Å². The Hall–Kier alpha value is -0.280. The monoisotopic (exact) mass is 290 g/mol. The van der Waals surface area contributed by atoms with Gasteiger partial charge in [0.1, 0.15) is 0 Å². The SMILES string of the molecule is CCC(CC)(CC)NC(=O)CC1CCCCC1N.Cl. The molecule has 3 nitrogen and oxygen atoms in total. The highest BCUT2D eigenvalue weighted by molar-refractivity contribution is 5.85. The molecule has 0 radical (unpaired) electrons. The largest absolute Gasteiger partial charge is 0.351 e. The second kappa shape index (κ2) is 8.80. The van der Waals surface area contributed by atoms with E-state index < -0.39 is 0 Å². The summed E-state index contributed by atoms with van der Waals surface area (Å²) in [5.41, 5.74) is 6.10. The Morgan fingerprint density at radius 3 is 2.16 bits per heavy atom. The predicted molar refractivity (Wildman–Crippen MR) is 83.5 cm³/mol. The van der Waals surface area contributed by atoms with Crippen molar-refractivity contribution in [1.29, 1.82) is 0 Å². The molecule has 2 unspecified atom stereocenters. The minimum absolute atomic E-state index is 0. The summed E-state index contributed by atoms with van der Waals surface area (Å²) in [7, 11) is 0. The molecule has 19 heavy (non-hydrogen) atoms. The summed E-state index contributed by atoms with van der Waals surface area (Å²) in [4.78, 5) is 12.2. The average Bonchev–Trinajstić information content (AvgIpc) is 2.39. The summed E-state index contributed by atoms with van der Waals surface area (Å²) in [6, 6.07) is 0.226. The van der Waals surface area contributed by atoms with E-state index in [1.807, 2.05) is 0 Å². The van der Waals surface area contributed by atoms with Crippen LogP contribution < -0.4 is 11.1 Å². The van der Waals surface area contributed by atoms with E-state index in [4.69, 9.17) is 5.73 Å². The topological polar surface area (TPSA) is 55.1 Å². The summed E-state index contributed by atoms with van der Waals surface area (Å²) in [5.74, 6) is 0.588. The number of hydrogen-bond acceptors (Lipinski definition) is 2. The van der Waals surface area contributed by atoms with Crippen molar-refractivity contribution in [2.75, 3.05) is 0 Å². The lowest BCUT2D eigenvalue weighted by atomic mass is 9.82. The van der Waals surface area contributed by atoms with Gasteiger partial charge in [-0.2, -0.15) is 0 Å². The highest BCUT2D eigenvalue weighted by Crippen LogP contribution is 2.26. The second-order valence-corrected chi connectivity index (χ2v) is 5.80. The molecular weight excluding hydrogens is 260 g/mol. The molecule has 0 bridgehead atoms. The van der Waals surface area contributed by atoms with Gasteiger partial charge >= 0.3 is 0 Å². The zero-order valence-corrected chi connectivity index (χ0v) is 13.5. The number of amides is 1. The highest BCUT2D eigenvalue weighted by Gasteiger charge is 2.29. The van der Waals surface area contributed by atoms with Crippen LogP contribution in [0.25, 0.3) is 0 Å². The minimum Gasteiger partial charge on any atom is -0.351 e. The lowest BCUT2D eigenvalue weighted by Crippen LogP contribution is -2.48. The molecule has 3 N–H and O–H groups in total. The third kappa shape index (κ3) is 5.31. The summed E-state index contributed by atoms with van der Waals surface area (Å²) in [5, 5.41) is 3.25. The van der Waals surface area contributed by atoms with Crippen molar-refractivity contribution >= 4 is 18.3 Å². The van der Waals surface area contributed by atoms with E-state index >= 15 is 0 Å². The maximum Gasteiger partial charge on any atom is 0.220 e. The summed E-state index contributed by atoms with van der Waals surface area (Å²) in [6.07, 6.45) is 8.27. The van der Waals surface area contributed by atoms with Gasteiger partial charge in [-0.05, 0) is 38.0 Å². The van der Waals surface area contributed by atoms with Crippen molar-refractivity contribution in [1.82, 2.24) is 5.32 Å². The molecule has 0 heterocycles. The highest BCUT2D eigenvalue weighted by atomic mass is 35.5. The number of halogens is 1. The van der Waals surface area contributed by atoms with E-state index in [2.05, 4.69) is 26.1 Å². The molecule has 0 aromatic rings. The number of nitrogens with two attached hydrogens (primary N) is 1. The van der Waals surface area contributed by atoms with Crippen LogP contribution >= 0.6 is 12.4 Å². The van der Waals surface area contributed by atoms with E-state index in [9.17, 15) is 4.79 Å². The van der Waals surface area contributed by atoms with Gasteiger partial charge in [0.15, 0.2) is 0 Å². The van der Waals surface area contributed by atoms with Gasteiger partial charge in [0.25, 0.3) is 0 Å². The molecule has 0 saturated heterocycles. The minimum atomic E-state index is -0.00412. The van der Waals surface area contributed by atoms with Crippen LogP contribution in [0.3, 0.4) is 0 Å². The third-order valence-corrected chi connectivity index (χ3v) is 4.85. The van der Waals surface area contributed by atoms with Crippen molar-refractivity contribution in [3.8, 4) is 0 Å². The van der Waals surface area contributed by atoms with E-state index in [0.717, 1.165) is 32.1 Å². The zero-order chi connectivity index (χ0) is 13.6. The van der Waals surface area contributed by atoms with Gasteiger partial charge in [-0.25, -0.2) is 0 Å². The normalized spacial score (nSPS) is 23.6. The van der Waals surface area contributed by atoms with Crippen LogP contribution in [0.2, 0.25) is 0 Å². The molecule has 0 aromatic heterocycles. The van der Waals surface area contributed by atoms with Crippen LogP contribution in [-0.4, -0.2) is 17.5 Å². The molecule has 1 saturated carbocycles. The molecule has 0 aromatic carbocycles. The third-order valence-electron chi connectivity index (χ3n) is 4.85. The molecule has 4 heteroatoms. The van der Waals surface area contributed by atoms with Crippen molar-refractivity contribution in [3.63, 3.8) is 0 Å². The zero-order valence-electron chi connectivity index (χ0n) is 12.7. The number of carbonyl (C=O) groups is 1. The number of rotatable bonds is 6. The fourth-order valence-corrected chi connectivity index (χ4v) is 3.09. The van der Waals surface area contributed by atoms with Gasteiger partial charge in [-0.1, -0.05) is 33.6 Å². The lowest BCUT2D eigenvalue weighted by Gasteiger charge is -2.34. The Labute approximate surface area is 124 Å². The Kier molecular flexibility index (Phi) is 8.67. The first-order valence-corrected chi connectivity index (χ1v) is 7.63. The van der Waals surface area contributed by atoms with Gasteiger partial charge in [0, 0.05) is 18.0 Å². The molecule has 1 rings (SSSR count). The van der Waals surface area contributed by atoms with Crippen molar-refractivity contribution in [3.05, 3.63) is 0 Å². The Balaban J connectivity index is 0.00000324. The van der Waals surface area contributed by atoms with E-state index in [0.29, 0.717) is 12.3 Å². The van der Waals surface area contributed by atoms with Crippen LogP contribution in [-0.2, 0) is 4.79 Å². The predicted octanol–water partition coefficient (Wildman–Crippen LogP) is 3.40. The Morgan fingerprint density at radius 1 is 1.16 bits per heavy atom. The molecular formula is C15H31ClN2O. The van der Waals surface area contributed by atoms with Crippen LogP contribution in [0.15, 0.2) is 0 Å². The molecule has 1 aliphatic carbocycles. The summed E-state index contributed by atoms with van der Waals surface area (Å²) in [6.45, 7) is 6.46. The fourth-order valence-electron chi connectivity index (χ4n) is 3.09. The van der Waals surface area contributed by atoms with Crippen LogP contribution in [0.4, 0.5) is 0 Å². The smallest absolute Gasteiger partial charge is 0.220 e. The molecule has 114 valence electrons. The molecule has 1 fully saturated rings. The first-order valence-electron chi connectivity index (χ1n) is 7.63. The van der Waals surface area contributed by atoms with Gasteiger partial charge in [-0.15, -0.1) is 12.4 Å². The van der Waals surface area contributed by atoms with E-state index in [1.165, 1.54) is 12.8 Å². The van der Waals surface area contributed by atoms with Crippen molar-refractivity contribution < 1.29 is 4.79 Å². The molecule has 0 spiro atoms. The van der Waals surface area contributed by atoms with Gasteiger partial charge in [0.05, 0.1) is 0 Å². The van der Waals surface area contributed by atoms with Crippen LogP contribution in [0.5, 0.6) is 0 Å². The molecule has 0 aliphatic heterocycles. The Morgan fingerprint density at radius 2 is 1.68 bits per heavy atom. The van der Waals surface area contributed by atoms with Gasteiger partial charge < -0.3 is 11.1 Å². The molecule has 1 amide bonds. The number of carbonyl (C=O) groups excluding carboxylic acids is 1. The Bertz CT molecular complexity index is 259.